The van der Waals surface area contributed by atoms with Crippen LogP contribution >= 0.6 is 15.9 Å². The number of rotatable bonds is 2. The lowest BCUT2D eigenvalue weighted by Gasteiger charge is -2.34. The van der Waals surface area contributed by atoms with Gasteiger partial charge in [-0.3, -0.25) is 4.79 Å². The highest BCUT2D eigenvalue weighted by molar-refractivity contribution is 9.10. The first kappa shape index (κ1) is 16.3. The Hall–Kier alpha value is -1.56. The van der Waals surface area contributed by atoms with Gasteiger partial charge in [0.05, 0.1) is 5.92 Å². The SMILES string of the molecule is O=C(Nc1ccc(Br)cc1)C1CCCN(C(=O)N2CCCC2)C1. The highest BCUT2D eigenvalue weighted by atomic mass is 79.9. The van der Waals surface area contributed by atoms with Crippen molar-refractivity contribution in [3.63, 3.8) is 0 Å². The molecule has 2 saturated heterocycles. The van der Waals surface area contributed by atoms with Gasteiger partial charge in [0, 0.05) is 36.3 Å². The molecule has 23 heavy (non-hydrogen) atoms. The predicted octanol–water partition coefficient (Wildman–Crippen LogP) is 3.32. The van der Waals surface area contributed by atoms with E-state index in [4.69, 9.17) is 0 Å². The van der Waals surface area contributed by atoms with Crippen molar-refractivity contribution in [2.24, 2.45) is 5.92 Å². The molecule has 3 rings (SSSR count). The van der Waals surface area contributed by atoms with E-state index in [9.17, 15) is 9.59 Å². The standard InChI is InChI=1S/C17H22BrN3O2/c18-14-5-7-15(8-6-14)19-16(22)13-4-3-11-21(12-13)17(23)20-9-1-2-10-20/h5-8,13H,1-4,9-12H2,(H,19,22). The molecule has 1 unspecified atom stereocenters. The number of amides is 3. The Bertz CT molecular complexity index is 570. The lowest BCUT2D eigenvalue weighted by Crippen LogP contribution is -2.48. The van der Waals surface area contributed by atoms with Gasteiger partial charge in [0.1, 0.15) is 0 Å². The number of nitrogens with one attached hydrogen (secondary N) is 1. The summed E-state index contributed by atoms with van der Waals surface area (Å²) in [6.45, 7) is 2.99. The van der Waals surface area contributed by atoms with Crippen molar-refractivity contribution >= 4 is 33.6 Å². The summed E-state index contributed by atoms with van der Waals surface area (Å²) >= 11 is 3.38. The number of anilines is 1. The molecule has 5 nitrogen and oxygen atoms in total. The maximum atomic E-state index is 12.5. The zero-order chi connectivity index (χ0) is 16.2. The summed E-state index contributed by atoms with van der Waals surface area (Å²) in [6.07, 6.45) is 3.91. The number of hydrogen-bond acceptors (Lipinski definition) is 2. The fraction of sp³-hybridized carbons (Fsp3) is 0.529. The van der Waals surface area contributed by atoms with Crippen molar-refractivity contribution in [3.05, 3.63) is 28.7 Å². The molecule has 2 aliphatic heterocycles. The topological polar surface area (TPSA) is 52.7 Å². The molecule has 2 aliphatic rings. The Morgan fingerprint density at radius 2 is 1.65 bits per heavy atom. The van der Waals surface area contributed by atoms with E-state index in [2.05, 4.69) is 21.2 Å². The third-order valence-corrected chi connectivity index (χ3v) is 5.08. The second kappa shape index (κ2) is 7.34. The quantitative estimate of drug-likeness (QED) is 0.856. The second-order valence-corrected chi connectivity index (χ2v) is 7.17. The van der Waals surface area contributed by atoms with Gasteiger partial charge in [-0.2, -0.15) is 0 Å². The monoisotopic (exact) mass is 379 g/mol. The Balaban J connectivity index is 1.57. The van der Waals surface area contributed by atoms with E-state index >= 15 is 0 Å². The van der Waals surface area contributed by atoms with Crippen molar-refractivity contribution in [3.8, 4) is 0 Å². The zero-order valence-corrected chi connectivity index (χ0v) is 14.7. The van der Waals surface area contributed by atoms with Crippen LogP contribution in [0.2, 0.25) is 0 Å². The molecule has 1 aromatic carbocycles. The van der Waals surface area contributed by atoms with Crippen molar-refractivity contribution in [1.29, 1.82) is 0 Å². The fourth-order valence-electron chi connectivity index (χ4n) is 3.25. The van der Waals surface area contributed by atoms with Gasteiger partial charge in [0.25, 0.3) is 0 Å². The van der Waals surface area contributed by atoms with Crippen LogP contribution < -0.4 is 5.32 Å². The first-order valence-corrected chi connectivity index (χ1v) is 9.03. The first-order valence-electron chi connectivity index (χ1n) is 8.24. The number of hydrogen-bond donors (Lipinski definition) is 1. The molecular formula is C17H22BrN3O2. The third kappa shape index (κ3) is 4.05. The molecule has 0 radical (unpaired) electrons. The minimum atomic E-state index is -0.126. The molecule has 3 amide bonds. The highest BCUT2D eigenvalue weighted by Gasteiger charge is 2.31. The Morgan fingerprint density at radius 3 is 2.35 bits per heavy atom. The summed E-state index contributed by atoms with van der Waals surface area (Å²) < 4.78 is 0.982. The van der Waals surface area contributed by atoms with Crippen LogP contribution in [0.15, 0.2) is 28.7 Å². The summed E-state index contributed by atoms with van der Waals surface area (Å²) in [5, 5.41) is 2.96. The van der Waals surface area contributed by atoms with E-state index < -0.39 is 0 Å². The largest absolute Gasteiger partial charge is 0.326 e. The smallest absolute Gasteiger partial charge is 0.320 e. The lowest BCUT2D eigenvalue weighted by molar-refractivity contribution is -0.121. The number of halogens is 1. The number of benzene rings is 1. The number of nitrogens with zero attached hydrogens (tertiary/aromatic N) is 2. The second-order valence-electron chi connectivity index (χ2n) is 6.26. The molecule has 124 valence electrons. The summed E-state index contributed by atoms with van der Waals surface area (Å²) in [7, 11) is 0. The summed E-state index contributed by atoms with van der Waals surface area (Å²) in [5.74, 6) is -0.120. The molecule has 2 fully saturated rings. The minimum Gasteiger partial charge on any atom is -0.326 e. The van der Waals surface area contributed by atoms with E-state index in [1.54, 1.807) is 0 Å². The molecule has 0 aliphatic carbocycles. The molecule has 0 aromatic heterocycles. The average Bonchev–Trinajstić information content (AvgIpc) is 3.11. The predicted molar refractivity (Wildman–Crippen MR) is 93.3 cm³/mol. The number of carbonyl (C=O) groups is 2. The Labute approximate surface area is 145 Å². The van der Waals surface area contributed by atoms with E-state index in [1.165, 1.54) is 0 Å². The number of likely N-dealkylation sites (tertiary alicyclic amines) is 2. The molecule has 0 bridgehead atoms. The first-order chi connectivity index (χ1) is 11.1. The van der Waals surface area contributed by atoms with Crippen LogP contribution in [-0.2, 0) is 4.79 Å². The maximum absolute atomic E-state index is 12.5. The van der Waals surface area contributed by atoms with Crippen LogP contribution in [0.4, 0.5) is 10.5 Å². The molecule has 1 N–H and O–H groups in total. The van der Waals surface area contributed by atoms with Gasteiger partial charge >= 0.3 is 6.03 Å². The van der Waals surface area contributed by atoms with Gasteiger partial charge in [-0.25, -0.2) is 4.79 Å². The molecule has 6 heteroatoms. The van der Waals surface area contributed by atoms with E-state index in [0.717, 1.165) is 55.5 Å². The van der Waals surface area contributed by atoms with Gasteiger partial charge in [0.2, 0.25) is 5.91 Å². The summed E-state index contributed by atoms with van der Waals surface area (Å²) in [5.41, 5.74) is 0.793. The normalized spacial score (nSPS) is 21.3. The summed E-state index contributed by atoms with van der Waals surface area (Å²) in [4.78, 5) is 28.7. The van der Waals surface area contributed by atoms with Crippen molar-refractivity contribution in [2.45, 2.75) is 25.7 Å². The van der Waals surface area contributed by atoms with E-state index in [1.807, 2.05) is 34.1 Å². The van der Waals surface area contributed by atoms with Crippen LogP contribution in [0.1, 0.15) is 25.7 Å². The molecule has 1 atom stereocenters. The number of carbonyl (C=O) groups excluding carboxylic acids is 2. The van der Waals surface area contributed by atoms with E-state index in [0.29, 0.717) is 6.54 Å². The zero-order valence-electron chi connectivity index (χ0n) is 13.1. The van der Waals surface area contributed by atoms with Crippen molar-refractivity contribution in [1.82, 2.24) is 9.80 Å². The van der Waals surface area contributed by atoms with Crippen LogP contribution in [0.3, 0.4) is 0 Å². The lowest BCUT2D eigenvalue weighted by atomic mass is 9.97. The third-order valence-electron chi connectivity index (χ3n) is 4.55. The van der Waals surface area contributed by atoms with Crippen molar-refractivity contribution < 1.29 is 9.59 Å². The maximum Gasteiger partial charge on any atom is 0.320 e. The molecular weight excluding hydrogens is 358 g/mol. The van der Waals surface area contributed by atoms with Crippen LogP contribution in [0, 0.1) is 5.92 Å². The molecule has 0 saturated carbocycles. The van der Waals surface area contributed by atoms with Crippen LogP contribution in [0.25, 0.3) is 0 Å². The number of urea groups is 1. The van der Waals surface area contributed by atoms with Gasteiger partial charge in [-0.1, -0.05) is 15.9 Å². The average molecular weight is 380 g/mol. The molecule has 1 aromatic rings. The van der Waals surface area contributed by atoms with Crippen LogP contribution in [-0.4, -0.2) is 47.9 Å². The van der Waals surface area contributed by atoms with Gasteiger partial charge < -0.3 is 15.1 Å². The molecule has 2 heterocycles. The minimum absolute atomic E-state index is 0.00578. The summed E-state index contributed by atoms with van der Waals surface area (Å²) in [6, 6.07) is 7.65. The van der Waals surface area contributed by atoms with E-state index in [-0.39, 0.29) is 17.9 Å². The Morgan fingerprint density at radius 1 is 1.00 bits per heavy atom. The molecule has 0 spiro atoms. The van der Waals surface area contributed by atoms with Crippen molar-refractivity contribution in [2.75, 3.05) is 31.5 Å². The van der Waals surface area contributed by atoms with Gasteiger partial charge in [-0.05, 0) is 49.9 Å². The van der Waals surface area contributed by atoms with Gasteiger partial charge in [0.15, 0.2) is 0 Å². The number of piperidine rings is 1. The van der Waals surface area contributed by atoms with Crippen LogP contribution in [0.5, 0.6) is 0 Å². The Kier molecular flexibility index (Phi) is 5.20. The van der Waals surface area contributed by atoms with Gasteiger partial charge in [-0.15, -0.1) is 0 Å². The fourth-order valence-corrected chi connectivity index (χ4v) is 3.52. The highest BCUT2D eigenvalue weighted by Crippen LogP contribution is 2.22.